The Balaban J connectivity index is 2.21. The lowest BCUT2D eigenvalue weighted by Crippen LogP contribution is -2.07. The third kappa shape index (κ3) is 3.41. The van der Waals surface area contributed by atoms with Crippen molar-refractivity contribution in [3.05, 3.63) is 56.7 Å². The summed E-state index contributed by atoms with van der Waals surface area (Å²) >= 11 is 2.31. The van der Waals surface area contributed by atoms with Crippen molar-refractivity contribution in [3.8, 4) is 5.75 Å². The van der Waals surface area contributed by atoms with Gasteiger partial charge in [-0.05, 0) is 84.3 Å². The summed E-state index contributed by atoms with van der Waals surface area (Å²) in [7, 11) is 0. The van der Waals surface area contributed by atoms with Gasteiger partial charge in [-0.3, -0.25) is 0 Å². The maximum atomic E-state index is 9.68. The molecule has 0 radical (unpaired) electrons. The highest BCUT2D eigenvalue weighted by Crippen LogP contribution is 2.28. The molecular formula is C16H18INO. The van der Waals surface area contributed by atoms with E-state index >= 15 is 0 Å². The summed E-state index contributed by atoms with van der Waals surface area (Å²) in [5.74, 6) is 0.352. The molecule has 3 heteroatoms. The Morgan fingerprint density at radius 3 is 2.32 bits per heavy atom. The van der Waals surface area contributed by atoms with E-state index in [1.165, 1.54) is 9.13 Å². The fourth-order valence-corrected chi connectivity index (χ4v) is 2.38. The number of phenolic OH excluding ortho intramolecular Hbond substituents is 1. The van der Waals surface area contributed by atoms with Crippen LogP contribution in [0.5, 0.6) is 5.75 Å². The van der Waals surface area contributed by atoms with Gasteiger partial charge in [0.2, 0.25) is 0 Å². The van der Waals surface area contributed by atoms with E-state index in [2.05, 4.69) is 59.1 Å². The summed E-state index contributed by atoms with van der Waals surface area (Å²) in [6.07, 6.45) is 0. The van der Waals surface area contributed by atoms with Crippen LogP contribution in [0.2, 0.25) is 0 Å². The quantitative estimate of drug-likeness (QED) is 0.604. The fraction of sp³-hybridized carbons (Fsp3) is 0.250. The zero-order chi connectivity index (χ0) is 14.0. The third-order valence-corrected chi connectivity index (χ3v) is 4.00. The number of hydrogen-bond acceptors (Lipinski definition) is 2. The molecule has 0 fully saturated rings. The smallest absolute Gasteiger partial charge is 0.118 e. The van der Waals surface area contributed by atoms with Crippen LogP contribution in [0.3, 0.4) is 0 Å². The maximum absolute atomic E-state index is 9.68. The summed E-state index contributed by atoms with van der Waals surface area (Å²) in [4.78, 5) is 0. The van der Waals surface area contributed by atoms with E-state index in [-0.39, 0.29) is 6.04 Å². The molecule has 0 saturated carbocycles. The first kappa shape index (κ1) is 14.2. The minimum absolute atomic E-state index is 0.236. The van der Waals surface area contributed by atoms with Gasteiger partial charge < -0.3 is 10.4 Å². The van der Waals surface area contributed by atoms with Crippen LogP contribution in [0, 0.1) is 17.4 Å². The molecule has 0 aliphatic rings. The van der Waals surface area contributed by atoms with E-state index in [9.17, 15) is 5.11 Å². The van der Waals surface area contributed by atoms with Crippen molar-refractivity contribution in [2.24, 2.45) is 0 Å². The molecule has 1 unspecified atom stereocenters. The van der Waals surface area contributed by atoms with Gasteiger partial charge in [0.05, 0.1) is 0 Å². The van der Waals surface area contributed by atoms with Gasteiger partial charge in [-0.25, -0.2) is 0 Å². The molecule has 2 rings (SSSR count). The first-order valence-corrected chi connectivity index (χ1v) is 7.37. The molecule has 0 heterocycles. The molecule has 1 atom stereocenters. The molecule has 0 saturated heterocycles. The topological polar surface area (TPSA) is 32.3 Å². The molecule has 0 amide bonds. The minimum atomic E-state index is 0.236. The van der Waals surface area contributed by atoms with Gasteiger partial charge in [-0.2, -0.15) is 0 Å². The molecule has 2 nitrogen and oxygen atoms in total. The Morgan fingerprint density at radius 2 is 1.68 bits per heavy atom. The van der Waals surface area contributed by atoms with Gasteiger partial charge in [-0.15, -0.1) is 0 Å². The third-order valence-electron chi connectivity index (χ3n) is 3.28. The Morgan fingerprint density at radius 1 is 1.05 bits per heavy atom. The van der Waals surface area contributed by atoms with E-state index in [1.54, 1.807) is 6.07 Å². The normalized spacial score (nSPS) is 12.2. The Kier molecular flexibility index (Phi) is 4.34. The number of hydrogen-bond donors (Lipinski definition) is 2. The minimum Gasteiger partial charge on any atom is -0.508 e. The number of halogens is 1. The van der Waals surface area contributed by atoms with Gasteiger partial charge in [-0.1, -0.05) is 12.1 Å². The number of phenols is 1. The summed E-state index contributed by atoms with van der Waals surface area (Å²) < 4.78 is 1.24. The molecule has 0 bridgehead atoms. The first-order valence-electron chi connectivity index (χ1n) is 6.29. The lowest BCUT2D eigenvalue weighted by atomic mass is 10.1. The largest absolute Gasteiger partial charge is 0.508 e. The van der Waals surface area contributed by atoms with Crippen LogP contribution in [0.25, 0.3) is 0 Å². The zero-order valence-electron chi connectivity index (χ0n) is 11.4. The number of benzene rings is 2. The van der Waals surface area contributed by atoms with Gasteiger partial charge in [0.25, 0.3) is 0 Å². The van der Waals surface area contributed by atoms with E-state index < -0.39 is 0 Å². The van der Waals surface area contributed by atoms with Crippen LogP contribution in [0.4, 0.5) is 5.69 Å². The second kappa shape index (κ2) is 5.82. The average Bonchev–Trinajstić information content (AvgIpc) is 2.36. The van der Waals surface area contributed by atoms with Crippen LogP contribution < -0.4 is 5.32 Å². The van der Waals surface area contributed by atoms with Crippen LogP contribution in [-0.4, -0.2) is 5.11 Å². The maximum Gasteiger partial charge on any atom is 0.118 e. The van der Waals surface area contributed by atoms with Crippen molar-refractivity contribution in [1.82, 2.24) is 0 Å². The molecule has 19 heavy (non-hydrogen) atoms. The van der Waals surface area contributed by atoms with Crippen LogP contribution >= 0.6 is 22.6 Å². The van der Waals surface area contributed by atoms with Gasteiger partial charge in [0.1, 0.15) is 5.75 Å². The molecule has 2 aromatic rings. The van der Waals surface area contributed by atoms with E-state index in [4.69, 9.17) is 0 Å². The van der Waals surface area contributed by atoms with Crippen molar-refractivity contribution < 1.29 is 5.11 Å². The lowest BCUT2D eigenvalue weighted by Gasteiger charge is -2.18. The predicted molar refractivity (Wildman–Crippen MR) is 88.8 cm³/mol. The Hall–Kier alpha value is -1.23. The molecule has 2 aromatic carbocycles. The van der Waals surface area contributed by atoms with E-state index in [0.29, 0.717) is 5.75 Å². The van der Waals surface area contributed by atoms with Gasteiger partial charge >= 0.3 is 0 Å². The average molecular weight is 367 g/mol. The first-order chi connectivity index (χ1) is 8.97. The van der Waals surface area contributed by atoms with E-state index in [0.717, 1.165) is 16.8 Å². The lowest BCUT2D eigenvalue weighted by molar-refractivity contribution is 0.470. The summed E-state index contributed by atoms with van der Waals surface area (Å²) in [6, 6.07) is 12.5. The number of aromatic hydroxyl groups is 1. The summed E-state index contributed by atoms with van der Waals surface area (Å²) in [5, 5.41) is 13.2. The molecule has 0 spiro atoms. The van der Waals surface area contributed by atoms with Crippen molar-refractivity contribution in [1.29, 1.82) is 0 Å². The Bertz CT molecular complexity index is 578. The number of anilines is 1. The second-order valence-electron chi connectivity index (χ2n) is 4.87. The van der Waals surface area contributed by atoms with Crippen molar-refractivity contribution in [2.45, 2.75) is 26.8 Å². The van der Waals surface area contributed by atoms with Gasteiger partial charge in [0.15, 0.2) is 0 Å². The van der Waals surface area contributed by atoms with Crippen molar-refractivity contribution in [2.75, 3.05) is 5.32 Å². The van der Waals surface area contributed by atoms with Crippen LogP contribution in [0.1, 0.15) is 29.7 Å². The highest BCUT2D eigenvalue weighted by molar-refractivity contribution is 14.1. The van der Waals surface area contributed by atoms with Crippen molar-refractivity contribution >= 4 is 28.3 Å². The van der Waals surface area contributed by atoms with Crippen LogP contribution in [-0.2, 0) is 0 Å². The second-order valence-corrected chi connectivity index (χ2v) is 6.12. The van der Waals surface area contributed by atoms with Crippen molar-refractivity contribution in [3.63, 3.8) is 0 Å². The fourth-order valence-electron chi connectivity index (χ4n) is 2.02. The number of rotatable bonds is 3. The summed E-state index contributed by atoms with van der Waals surface area (Å²) in [5.41, 5.74) is 4.27. The number of nitrogens with one attached hydrogen (secondary N) is 1. The van der Waals surface area contributed by atoms with E-state index in [1.807, 2.05) is 19.9 Å². The number of aryl methyl sites for hydroxylation is 2. The highest BCUT2D eigenvalue weighted by Gasteiger charge is 2.08. The highest BCUT2D eigenvalue weighted by atomic mass is 127. The SMILES string of the molecule is Cc1cc(NC(C)c2ccc(I)cc2)c(C)cc1O. The monoisotopic (exact) mass is 367 g/mol. The molecule has 0 aromatic heterocycles. The molecule has 0 aliphatic carbocycles. The molecular weight excluding hydrogens is 349 g/mol. The molecule has 0 aliphatic heterocycles. The van der Waals surface area contributed by atoms with Gasteiger partial charge in [0, 0.05) is 15.3 Å². The predicted octanol–water partition coefficient (Wildman–Crippen LogP) is 4.79. The standard InChI is InChI=1S/C16H18INO/c1-10-9-16(19)11(2)8-15(10)18-12(3)13-4-6-14(17)7-5-13/h4-9,12,18-19H,1-3H3. The Labute approximate surface area is 128 Å². The molecule has 2 N–H and O–H groups in total. The molecule has 100 valence electrons. The van der Waals surface area contributed by atoms with Crippen LogP contribution in [0.15, 0.2) is 36.4 Å². The zero-order valence-corrected chi connectivity index (χ0v) is 13.5. The summed E-state index contributed by atoms with van der Waals surface area (Å²) in [6.45, 7) is 6.06.